The van der Waals surface area contributed by atoms with Gasteiger partial charge in [0.25, 0.3) is 0 Å². The summed E-state index contributed by atoms with van der Waals surface area (Å²) in [5, 5.41) is 2.41. The van der Waals surface area contributed by atoms with Crippen molar-refractivity contribution in [3.05, 3.63) is 59.7 Å². The molecule has 4 nitrogen and oxygen atoms in total. The molecular formula is C20H21F3N2O2. The SMILES string of the molecule is COc1ccc(C2CCCN2CC(=O)Nc2ccccc2C(F)(F)F)cc1. The largest absolute Gasteiger partial charge is 0.497 e. The molecule has 1 heterocycles. The fourth-order valence-electron chi connectivity index (χ4n) is 3.43. The molecule has 7 heteroatoms. The molecule has 1 aliphatic rings. The maximum atomic E-state index is 13.1. The molecule has 3 rings (SSSR count). The van der Waals surface area contributed by atoms with Crippen molar-refractivity contribution in [2.45, 2.75) is 25.1 Å². The predicted octanol–water partition coefficient (Wildman–Crippen LogP) is 4.49. The van der Waals surface area contributed by atoms with E-state index in [0.717, 1.165) is 36.8 Å². The zero-order chi connectivity index (χ0) is 19.4. The van der Waals surface area contributed by atoms with Gasteiger partial charge in [0.1, 0.15) is 5.75 Å². The number of nitrogens with zero attached hydrogens (tertiary/aromatic N) is 1. The highest BCUT2D eigenvalue weighted by Crippen LogP contribution is 2.35. The summed E-state index contributed by atoms with van der Waals surface area (Å²) in [5.41, 5.74) is 0.0125. The highest BCUT2D eigenvalue weighted by atomic mass is 19.4. The van der Waals surface area contributed by atoms with Crippen molar-refractivity contribution in [3.63, 3.8) is 0 Å². The van der Waals surface area contributed by atoms with Crippen LogP contribution in [0.15, 0.2) is 48.5 Å². The zero-order valence-electron chi connectivity index (χ0n) is 14.9. The molecule has 0 radical (unpaired) electrons. The number of halogens is 3. The number of para-hydroxylation sites is 1. The Morgan fingerprint density at radius 1 is 1.19 bits per heavy atom. The number of carbonyl (C=O) groups is 1. The highest BCUT2D eigenvalue weighted by Gasteiger charge is 2.34. The Hall–Kier alpha value is -2.54. The molecule has 27 heavy (non-hydrogen) atoms. The number of alkyl halides is 3. The Labute approximate surface area is 155 Å². The van der Waals surface area contributed by atoms with Crippen molar-refractivity contribution in [2.24, 2.45) is 0 Å². The average molecular weight is 378 g/mol. The number of hydrogen-bond donors (Lipinski definition) is 1. The molecule has 144 valence electrons. The summed E-state index contributed by atoms with van der Waals surface area (Å²) in [5.74, 6) is 0.303. The van der Waals surface area contributed by atoms with Crippen LogP contribution >= 0.6 is 0 Å². The van der Waals surface area contributed by atoms with E-state index in [4.69, 9.17) is 4.74 Å². The number of methoxy groups -OCH3 is 1. The Kier molecular flexibility index (Phi) is 5.70. The van der Waals surface area contributed by atoms with Gasteiger partial charge in [0.2, 0.25) is 5.91 Å². The topological polar surface area (TPSA) is 41.6 Å². The van der Waals surface area contributed by atoms with E-state index in [1.807, 2.05) is 29.2 Å². The Balaban J connectivity index is 1.68. The number of ether oxygens (including phenoxy) is 1. The van der Waals surface area contributed by atoms with Gasteiger partial charge in [0.15, 0.2) is 0 Å². The summed E-state index contributed by atoms with van der Waals surface area (Å²) in [7, 11) is 1.60. The van der Waals surface area contributed by atoms with Gasteiger partial charge in [0, 0.05) is 6.04 Å². The van der Waals surface area contributed by atoms with Crippen LogP contribution in [0.5, 0.6) is 5.75 Å². The molecule has 1 atom stereocenters. The number of nitrogens with one attached hydrogen (secondary N) is 1. The third-order valence-electron chi connectivity index (χ3n) is 4.72. The molecule has 1 amide bonds. The van der Waals surface area contributed by atoms with E-state index in [-0.39, 0.29) is 18.3 Å². The van der Waals surface area contributed by atoms with Gasteiger partial charge < -0.3 is 10.1 Å². The molecule has 1 unspecified atom stereocenters. The molecule has 0 aromatic heterocycles. The second-order valence-electron chi connectivity index (χ2n) is 6.49. The van der Waals surface area contributed by atoms with Crippen LogP contribution < -0.4 is 10.1 Å². The summed E-state index contributed by atoms with van der Waals surface area (Å²) < 4.78 is 44.4. The molecule has 2 aromatic rings. The van der Waals surface area contributed by atoms with E-state index >= 15 is 0 Å². The molecule has 1 saturated heterocycles. The first-order valence-electron chi connectivity index (χ1n) is 8.72. The van der Waals surface area contributed by atoms with Gasteiger partial charge in [-0.1, -0.05) is 24.3 Å². The van der Waals surface area contributed by atoms with E-state index in [9.17, 15) is 18.0 Å². The van der Waals surface area contributed by atoms with Gasteiger partial charge in [-0.05, 0) is 49.2 Å². The summed E-state index contributed by atoms with van der Waals surface area (Å²) in [6.45, 7) is 0.772. The number of anilines is 1. The number of likely N-dealkylation sites (tertiary alicyclic amines) is 1. The summed E-state index contributed by atoms with van der Waals surface area (Å²) >= 11 is 0. The average Bonchev–Trinajstić information content (AvgIpc) is 3.09. The first kappa shape index (κ1) is 19.2. The third-order valence-corrected chi connectivity index (χ3v) is 4.72. The second-order valence-corrected chi connectivity index (χ2v) is 6.49. The fourth-order valence-corrected chi connectivity index (χ4v) is 3.43. The van der Waals surface area contributed by atoms with E-state index in [1.54, 1.807) is 7.11 Å². The lowest BCUT2D eigenvalue weighted by Crippen LogP contribution is -2.33. The van der Waals surface area contributed by atoms with Crippen molar-refractivity contribution in [2.75, 3.05) is 25.5 Å². The van der Waals surface area contributed by atoms with Crippen LogP contribution in [0, 0.1) is 0 Å². The lowest BCUT2D eigenvalue weighted by molar-refractivity contribution is -0.137. The van der Waals surface area contributed by atoms with Gasteiger partial charge in [-0.15, -0.1) is 0 Å². The van der Waals surface area contributed by atoms with Gasteiger partial charge >= 0.3 is 6.18 Å². The van der Waals surface area contributed by atoms with E-state index in [0.29, 0.717) is 0 Å². The number of amides is 1. The molecule has 0 saturated carbocycles. The standard InChI is InChI=1S/C20H21F3N2O2/c1-27-15-10-8-14(9-11-15)18-7-4-12-25(18)13-19(26)24-17-6-3-2-5-16(17)20(21,22)23/h2-3,5-6,8-11,18H,4,7,12-13H2,1H3,(H,24,26). The molecule has 2 aromatic carbocycles. The van der Waals surface area contributed by atoms with Crippen LogP contribution in [0.25, 0.3) is 0 Å². The van der Waals surface area contributed by atoms with E-state index in [2.05, 4.69) is 5.32 Å². The minimum absolute atomic E-state index is 0.0445. The first-order chi connectivity index (χ1) is 12.9. The van der Waals surface area contributed by atoms with Crippen LogP contribution in [0.3, 0.4) is 0 Å². The third kappa shape index (κ3) is 4.60. The lowest BCUT2D eigenvalue weighted by Gasteiger charge is -2.24. The number of rotatable bonds is 5. The molecule has 0 spiro atoms. The lowest BCUT2D eigenvalue weighted by atomic mass is 10.0. The van der Waals surface area contributed by atoms with Crippen LogP contribution in [0.4, 0.5) is 18.9 Å². The Bertz CT molecular complexity index is 791. The Morgan fingerprint density at radius 3 is 2.56 bits per heavy atom. The normalized spacial score (nSPS) is 17.7. The molecule has 0 bridgehead atoms. The summed E-state index contributed by atoms with van der Waals surface area (Å²) in [6, 6.07) is 12.7. The van der Waals surface area contributed by atoms with E-state index < -0.39 is 17.6 Å². The van der Waals surface area contributed by atoms with Gasteiger partial charge in [0.05, 0.1) is 24.9 Å². The van der Waals surface area contributed by atoms with E-state index in [1.165, 1.54) is 18.2 Å². The number of hydrogen-bond acceptors (Lipinski definition) is 3. The van der Waals surface area contributed by atoms with Gasteiger partial charge in [-0.2, -0.15) is 13.2 Å². The molecule has 1 aliphatic heterocycles. The van der Waals surface area contributed by atoms with Crippen molar-refractivity contribution in [1.82, 2.24) is 4.90 Å². The van der Waals surface area contributed by atoms with Crippen LogP contribution in [0.2, 0.25) is 0 Å². The predicted molar refractivity (Wildman–Crippen MR) is 96.6 cm³/mol. The smallest absolute Gasteiger partial charge is 0.418 e. The zero-order valence-corrected chi connectivity index (χ0v) is 14.9. The minimum Gasteiger partial charge on any atom is -0.497 e. The maximum Gasteiger partial charge on any atom is 0.418 e. The Morgan fingerprint density at radius 2 is 1.89 bits per heavy atom. The van der Waals surface area contributed by atoms with Gasteiger partial charge in [-0.3, -0.25) is 9.69 Å². The van der Waals surface area contributed by atoms with Crippen molar-refractivity contribution in [1.29, 1.82) is 0 Å². The second kappa shape index (κ2) is 8.00. The fraction of sp³-hybridized carbons (Fsp3) is 0.350. The summed E-state index contributed by atoms with van der Waals surface area (Å²) in [6.07, 6.45) is -2.68. The van der Waals surface area contributed by atoms with Crippen LogP contribution in [-0.2, 0) is 11.0 Å². The van der Waals surface area contributed by atoms with Crippen LogP contribution in [0.1, 0.15) is 30.0 Å². The van der Waals surface area contributed by atoms with Crippen molar-refractivity contribution in [3.8, 4) is 5.75 Å². The number of benzene rings is 2. The monoisotopic (exact) mass is 378 g/mol. The quantitative estimate of drug-likeness (QED) is 0.834. The van der Waals surface area contributed by atoms with Crippen LogP contribution in [-0.4, -0.2) is 31.0 Å². The first-order valence-corrected chi connectivity index (χ1v) is 8.72. The summed E-state index contributed by atoms with van der Waals surface area (Å²) in [4.78, 5) is 14.4. The molecule has 1 N–H and O–H groups in total. The molecule has 0 aliphatic carbocycles. The highest BCUT2D eigenvalue weighted by molar-refractivity contribution is 5.93. The number of carbonyl (C=O) groups excluding carboxylic acids is 1. The van der Waals surface area contributed by atoms with Crippen molar-refractivity contribution >= 4 is 11.6 Å². The molecular weight excluding hydrogens is 357 g/mol. The molecule has 1 fully saturated rings. The maximum absolute atomic E-state index is 13.1. The van der Waals surface area contributed by atoms with Crippen molar-refractivity contribution < 1.29 is 22.7 Å². The van der Waals surface area contributed by atoms with Gasteiger partial charge in [-0.25, -0.2) is 0 Å². The minimum atomic E-state index is -4.51.